The van der Waals surface area contributed by atoms with Crippen LogP contribution in [0.5, 0.6) is 11.5 Å². The van der Waals surface area contributed by atoms with E-state index in [9.17, 15) is 4.79 Å². The highest BCUT2D eigenvalue weighted by Gasteiger charge is 2.05. The summed E-state index contributed by atoms with van der Waals surface area (Å²) in [7, 11) is 0. The van der Waals surface area contributed by atoms with Gasteiger partial charge in [-0.1, -0.05) is 24.3 Å². The Hall–Kier alpha value is -2.69. The normalized spacial score (nSPS) is 10.3. The minimum atomic E-state index is 0.0390. The number of carbonyl (C=O) groups excluding carboxylic acids is 1. The minimum Gasteiger partial charge on any atom is -0.490 e. The maximum atomic E-state index is 11.9. The Balaban J connectivity index is 1.61. The second-order valence-corrected chi connectivity index (χ2v) is 5.67. The number of carbonyl (C=O) groups is 1. The zero-order valence-corrected chi connectivity index (χ0v) is 14.7. The number of nitrogens with one attached hydrogen (secondary N) is 1. The molecule has 0 heterocycles. The van der Waals surface area contributed by atoms with Gasteiger partial charge in [-0.25, -0.2) is 0 Å². The molecule has 0 fully saturated rings. The molecule has 5 nitrogen and oxygen atoms in total. The van der Waals surface area contributed by atoms with E-state index in [-0.39, 0.29) is 5.91 Å². The first kappa shape index (κ1) is 18.6. The lowest BCUT2D eigenvalue weighted by Crippen LogP contribution is -2.25. The van der Waals surface area contributed by atoms with Gasteiger partial charge in [-0.3, -0.25) is 4.79 Å². The Labute approximate surface area is 149 Å². The van der Waals surface area contributed by atoms with Crippen molar-refractivity contribution in [2.45, 2.75) is 26.2 Å². The number of hydrogen-bond donors (Lipinski definition) is 2. The summed E-state index contributed by atoms with van der Waals surface area (Å²) in [4.78, 5) is 11.9. The summed E-state index contributed by atoms with van der Waals surface area (Å²) < 4.78 is 11.2. The first-order valence-corrected chi connectivity index (χ1v) is 8.64. The zero-order valence-electron chi connectivity index (χ0n) is 14.7. The van der Waals surface area contributed by atoms with E-state index >= 15 is 0 Å². The Morgan fingerprint density at radius 2 is 1.72 bits per heavy atom. The predicted octanol–water partition coefficient (Wildman–Crippen LogP) is 3.19. The molecule has 5 heteroatoms. The van der Waals surface area contributed by atoms with Crippen LogP contribution in [0.4, 0.5) is 5.69 Å². The van der Waals surface area contributed by atoms with Gasteiger partial charge in [-0.15, -0.1) is 0 Å². The Kier molecular flexibility index (Phi) is 7.63. The Morgan fingerprint density at radius 1 is 1.04 bits per heavy atom. The van der Waals surface area contributed by atoms with Gasteiger partial charge in [-0.05, 0) is 49.6 Å². The van der Waals surface area contributed by atoms with Gasteiger partial charge in [0.1, 0.15) is 0 Å². The van der Waals surface area contributed by atoms with Crippen LogP contribution in [-0.4, -0.2) is 25.7 Å². The molecule has 0 aliphatic heterocycles. The van der Waals surface area contributed by atoms with E-state index in [1.165, 1.54) is 0 Å². The van der Waals surface area contributed by atoms with E-state index in [0.29, 0.717) is 38.3 Å². The summed E-state index contributed by atoms with van der Waals surface area (Å²) in [6, 6.07) is 15.3. The first-order chi connectivity index (χ1) is 12.2. The quantitative estimate of drug-likeness (QED) is 0.514. The lowest BCUT2D eigenvalue weighted by molar-refractivity contribution is -0.121. The highest BCUT2D eigenvalue weighted by atomic mass is 16.5. The average Bonchev–Trinajstić information content (AvgIpc) is 2.62. The molecule has 0 unspecified atom stereocenters. The van der Waals surface area contributed by atoms with Gasteiger partial charge in [-0.2, -0.15) is 0 Å². The summed E-state index contributed by atoms with van der Waals surface area (Å²) in [5.41, 5.74) is 7.56. The molecule has 0 atom stereocenters. The van der Waals surface area contributed by atoms with Crippen LogP contribution < -0.4 is 20.5 Å². The van der Waals surface area contributed by atoms with Crippen molar-refractivity contribution in [3.63, 3.8) is 0 Å². The summed E-state index contributed by atoms with van der Waals surface area (Å²) in [6.45, 7) is 3.63. The molecule has 0 aliphatic carbocycles. The number of nitrogens with two attached hydrogens (primary N) is 1. The molecule has 3 N–H and O–H groups in total. The van der Waals surface area contributed by atoms with Crippen LogP contribution in [0.25, 0.3) is 0 Å². The standard InChI is InChI=1S/C20H26N2O3/c1-2-24-18-6-3-4-7-19(18)25-15-5-8-20(23)22-14-13-16-9-11-17(21)12-10-16/h3-4,6-7,9-12H,2,5,8,13-15,21H2,1H3,(H,22,23). The van der Waals surface area contributed by atoms with E-state index < -0.39 is 0 Å². The van der Waals surface area contributed by atoms with Gasteiger partial charge in [0.15, 0.2) is 11.5 Å². The maximum absolute atomic E-state index is 11.9. The average molecular weight is 342 g/mol. The monoisotopic (exact) mass is 342 g/mol. The molecule has 1 amide bonds. The Bertz CT molecular complexity index is 656. The highest BCUT2D eigenvalue weighted by Crippen LogP contribution is 2.26. The van der Waals surface area contributed by atoms with E-state index in [0.717, 1.165) is 23.4 Å². The molecule has 0 spiro atoms. The van der Waals surface area contributed by atoms with Crippen molar-refractivity contribution in [1.29, 1.82) is 0 Å². The van der Waals surface area contributed by atoms with E-state index in [1.54, 1.807) is 0 Å². The number of para-hydroxylation sites is 2. The van der Waals surface area contributed by atoms with Gasteiger partial charge in [0, 0.05) is 18.7 Å². The van der Waals surface area contributed by atoms with Crippen molar-refractivity contribution >= 4 is 11.6 Å². The number of amides is 1. The molecule has 134 valence electrons. The molecular weight excluding hydrogens is 316 g/mol. The van der Waals surface area contributed by atoms with Crippen molar-refractivity contribution in [2.24, 2.45) is 0 Å². The molecular formula is C20H26N2O3. The second-order valence-electron chi connectivity index (χ2n) is 5.67. The molecule has 25 heavy (non-hydrogen) atoms. The molecule has 0 bridgehead atoms. The molecule has 2 aromatic carbocycles. The summed E-state index contributed by atoms with van der Waals surface area (Å²) >= 11 is 0. The number of ether oxygens (including phenoxy) is 2. The molecule has 2 aromatic rings. The van der Waals surface area contributed by atoms with Gasteiger partial charge >= 0.3 is 0 Å². The van der Waals surface area contributed by atoms with Gasteiger partial charge in [0.2, 0.25) is 5.91 Å². The van der Waals surface area contributed by atoms with Crippen LogP contribution in [0.3, 0.4) is 0 Å². The maximum Gasteiger partial charge on any atom is 0.220 e. The van der Waals surface area contributed by atoms with Crippen LogP contribution in [0.15, 0.2) is 48.5 Å². The zero-order chi connectivity index (χ0) is 17.9. The smallest absolute Gasteiger partial charge is 0.220 e. The molecule has 0 saturated heterocycles. The third-order valence-electron chi connectivity index (χ3n) is 3.67. The Morgan fingerprint density at radius 3 is 2.40 bits per heavy atom. The number of benzene rings is 2. The van der Waals surface area contributed by atoms with Crippen molar-refractivity contribution in [3.8, 4) is 11.5 Å². The van der Waals surface area contributed by atoms with Crippen LogP contribution in [0, 0.1) is 0 Å². The topological polar surface area (TPSA) is 73.6 Å². The van der Waals surface area contributed by atoms with E-state index in [4.69, 9.17) is 15.2 Å². The van der Waals surface area contributed by atoms with Crippen LogP contribution in [0.2, 0.25) is 0 Å². The van der Waals surface area contributed by atoms with Gasteiger partial charge in [0.25, 0.3) is 0 Å². The fourth-order valence-electron chi connectivity index (χ4n) is 2.38. The number of anilines is 1. The van der Waals surface area contributed by atoms with Crippen LogP contribution in [0.1, 0.15) is 25.3 Å². The number of hydrogen-bond acceptors (Lipinski definition) is 4. The first-order valence-electron chi connectivity index (χ1n) is 8.64. The SMILES string of the molecule is CCOc1ccccc1OCCCC(=O)NCCc1ccc(N)cc1. The summed E-state index contributed by atoms with van der Waals surface area (Å²) in [5, 5.41) is 2.93. The fourth-order valence-corrected chi connectivity index (χ4v) is 2.38. The summed E-state index contributed by atoms with van der Waals surface area (Å²) in [5.74, 6) is 1.49. The molecule has 0 aromatic heterocycles. The van der Waals surface area contributed by atoms with Crippen molar-refractivity contribution in [1.82, 2.24) is 5.32 Å². The van der Waals surface area contributed by atoms with Gasteiger partial charge < -0.3 is 20.5 Å². The number of rotatable bonds is 10. The van der Waals surface area contributed by atoms with E-state index in [2.05, 4.69) is 5.32 Å². The largest absolute Gasteiger partial charge is 0.490 e. The van der Waals surface area contributed by atoms with Crippen molar-refractivity contribution < 1.29 is 14.3 Å². The molecule has 0 radical (unpaired) electrons. The van der Waals surface area contributed by atoms with E-state index in [1.807, 2.05) is 55.5 Å². The lowest BCUT2D eigenvalue weighted by atomic mass is 10.1. The van der Waals surface area contributed by atoms with Crippen LogP contribution >= 0.6 is 0 Å². The summed E-state index contributed by atoms with van der Waals surface area (Å²) in [6.07, 6.45) is 1.90. The lowest BCUT2D eigenvalue weighted by Gasteiger charge is -2.11. The third kappa shape index (κ3) is 6.75. The van der Waals surface area contributed by atoms with Crippen LogP contribution in [-0.2, 0) is 11.2 Å². The van der Waals surface area contributed by atoms with Crippen molar-refractivity contribution in [2.75, 3.05) is 25.5 Å². The third-order valence-corrected chi connectivity index (χ3v) is 3.67. The second kappa shape index (κ2) is 10.2. The number of nitrogen functional groups attached to an aromatic ring is 1. The molecule has 0 saturated carbocycles. The highest BCUT2D eigenvalue weighted by molar-refractivity contribution is 5.75. The van der Waals surface area contributed by atoms with Crippen molar-refractivity contribution in [3.05, 3.63) is 54.1 Å². The predicted molar refractivity (Wildman–Crippen MR) is 99.9 cm³/mol. The molecule has 2 rings (SSSR count). The molecule has 0 aliphatic rings. The van der Waals surface area contributed by atoms with Gasteiger partial charge in [0.05, 0.1) is 13.2 Å². The minimum absolute atomic E-state index is 0.0390. The fraction of sp³-hybridized carbons (Fsp3) is 0.350.